The summed E-state index contributed by atoms with van der Waals surface area (Å²) >= 11 is 1.10. The highest BCUT2D eigenvalue weighted by Gasteiger charge is 2.37. The SMILES string of the molecule is CN(C)C(=O)Sc1ccc(NC(=O)C2CCCCN2S(=O)(=O)c2ccccc2)cc1. The Balaban J connectivity index is 1.72. The summed E-state index contributed by atoms with van der Waals surface area (Å²) in [5, 5.41) is 2.73. The molecule has 3 rings (SSSR count). The van der Waals surface area contributed by atoms with Gasteiger partial charge in [-0.15, -0.1) is 0 Å². The van der Waals surface area contributed by atoms with E-state index in [1.807, 2.05) is 0 Å². The van der Waals surface area contributed by atoms with Crippen LogP contribution >= 0.6 is 11.8 Å². The normalized spacial score (nSPS) is 17.3. The van der Waals surface area contributed by atoms with Gasteiger partial charge < -0.3 is 10.2 Å². The van der Waals surface area contributed by atoms with Gasteiger partial charge >= 0.3 is 0 Å². The summed E-state index contributed by atoms with van der Waals surface area (Å²) < 4.78 is 27.4. The first kappa shape index (κ1) is 22.3. The van der Waals surface area contributed by atoms with Crippen LogP contribution in [0.25, 0.3) is 0 Å². The van der Waals surface area contributed by atoms with Crippen molar-refractivity contribution in [1.82, 2.24) is 9.21 Å². The van der Waals surface area contributed by atoms with Crippen LogP contribution in [0.3, 0.4) is 0 Å². The monoisotopic (exact) mass is 447 g/mol. The molecule has 2 amide bonds. The Kier molecular flexibility index (Phi) is 7.17. The summed E-state index contributed by atoms with van der Waals surface area (Å²) in [5.41, 5.74) is 0.560. The Labute approximate surface area is 181 Å². The Hall–Kier alpha value is -2.36. The predicted octanol–water partition coefficient (Wildman–Crippen LogP) is 3.64. The highest BCUT2D eigenvalue weighted by molar-refractivity contribution is 8.13. The zero-order chi connectivity index (χ0) is 21.7. The van der Waals surface area contributed by atoms with Crippen LogP contribution in [0.5, 0.6) is 0 Å². The molecule has 1 atom stereocenters. The molecule has 160 valence electrons. The van der Waals surface area contributed by atoms with Crippen LogP contribution in [0.15, 0.2) is 64.4 Å². The number of carbonyl (C=O) groups excluding carboxylic acids is 2. The molecule has 7 nitrogen and oxygen atoms in total. The molecule has 0 spiro atoms. The lowest BCUT2D eigenvalue weighted by atomic mass is 10.0. The van der Waals surface area contributed by atoms with Crippen molar-refractivity contribution >= 4 is 38.6 Å². The van der Waals surface area contributed by atoms with Gasteiger partial charge in [-0.05, 0) is 61.0 Å². The van der Waals surface area contributed by atoms with Crippen molar-refractivity contribution in [1.29, 1.82) is 0 Å². The topological polar surface area (TPSA) is 86.8 Å². The van der Waals surface area contributed by atoms with E-state index in [9.17, 15) is 18.0 Å². The number of rotatable bonds is 5. The van der Waals surface area contributed by atoms with Gasteiger partial charge in [0.1, 0.15) is 6.04 Å². The molecule has 1 heterocycles. The molecule has 0 aliphatic carbocycles. The van der Waals surface area contributed by atoms with Gasteiger partial charge in [0.05, 0.1) is 4.90 Å². The molecule has 30 heavy (non-hydrogen) atoms. The number of piperidine rings is 1. The number of anilines is 1. The van der Waals surface area contributed by atoms with Crippen LogP contribution in [0, 0.1) is 0 Å². The summed E-state index contributed by atoms with van der Waals surface area (Å²) in [5.74, 6) is -0.348. The van der Waals surface area contributed by atoms with E-state index in [2.05, 4.69) is 5.32 Å². The Morgan fingerprint density at radius 3 is 2.33 bits per heavy atom. The van der Waals surface area contributed by atoms with Crippen molar-refractivity contribution in [3.8, 4) is 0 Å². The zero-order valence-corrected chi connectivity index (χ0v) is 18.6. The number of amides is 2. The Morgan fingerprint density at radius 2 is 1.70 bits per heavy atom. The van der Waals surface area contributed by atoms with Gasteiger partial charge in [-0.1, -0.05) is 24.6 Å². The van der Waals surface area contributed by atoms with Crippen molar-refractivity contribution in [3.63, 3.8) is 0 Å². The second kappa shape index (κ2) is 9.63. The molecule has 1 N–H and O–H groups in total. The van der Waals surface area contributed by atoms with Crippen LogP contribution < -0.4 is 5.32 Å². The maximum absolute atomic E-state index is 13.1. The molecule has 2 aromatic rings. The van der Waals surface area contributed by atoms with Gasteiger partial charge in [0, 0.05) is 31.2 Å². The fourth-order valence-corrected chi connectivity index (χ4v) is 5.54. The largest absolute Gasteiger partial charge is 0.339 e. The summed E-state index contributed by atoms with van der Waals surface area (Å²) in [6.45, 7) is 0.317. The predicted molar refractivity (Wildman–Crippen MR) is 118 cm³/mol. The quantitative estimate of drug-likeness (QED) is 0.707. The van der Waals surface area contributed by atoms with Gasteiger partial charge in [0.15, 0.2) is 0 Å². The van der Waals surface area contributed by atoms with E-state index in [-0.39, 0.29) is 16.0 Å². The lowest BCUT2D eigenvalue weighted by Gasteiger charge is -2.33. The fourth-order valence-electron chi connectivity index (χ4n) is 3.21. The third-order valence-electron chi connectivity index (χ3n) is 4.80. The Bertz CT molecular complexity index is 993. The molecule has 2 aromatic carbocycles. The minimum Gasteiger partial charge on any atom is -0.339 e. The van der Waals surface area contributed by atoms with Gasteiger partial charge in [0.2, 0.25) is 15.9 Å². The van der Waals surface area contributed by atoms with E-state index in [1.54, 1.807) is 68.7 Å². The molecule has 0 saturated carbocycles. The second-order valence-corrected chi connectivity index (χ2v) is 10.1. The van der Waals surface area contributed by atoms with Crippen LogP contribution in [0.4, 0.5) is 10.5 Å². The minimum atomic E-state index is -3.75. The van der Waals surface area contributed by atoms with Crippen LogP contribution in [-0.4, -0.2) is 55.5 Å². The van der Waals surface area contributed by atoms with E-state index < -0.39 is 16.1 Å². The average molecular weight is 448 g/mol. The lowest BCUT2D eigenvalue weighted by Crippen LogP contribution is -2.49. The van der Waals surface area contributed by atoms with Crippen molar-refractivity contribution in [3.05, 3.63) is 54.6 Å². The first-order chi connectivity index (χ1) is 14.3. The number of hydrogen-bond donors (Lipinski definition) is 1. The van der Waals surface area contributed by atoms with Crippen LogP contribution in [0.1, 0.15) is 19.3 Å². The van der Waals surface area contributed by atoms with E-state index in [0.29, 0.717) is 18.7 Å². The molecule has 9 heteroatoms. The number of nitrogens with one attached hydrogen (secondary N) is 1. The molecule has 1 unspecified atom stereocenters. The molecule has 0 bridgehead atoms. The zero-order valence-electron chi connectivity index (χ0n) is 16.9. The smallest absolute Gasteiger partial charge is 0.285 e. The van der Waals surface area contributed by atoms with Crippen molar-refractivity contribution in [2.75, 3.05) is 26.0 Å². The maximum atomic E-state index is 13.1. The third-order valence-corrected chi connectivity index (χ3v) is 7.77. The maximum Gasteiger partial charge on any atom is 0.285 e. The van der Waals surface area contributed by atoms with Crippen molar-refractivity contribution in [2.24, 2.45) is 0 Å². The first-order valence-corrected chi connectivity index (χ1v) is 11.9. The third kappa shape index (κ3) is 5.21. The summed E-state index contributed by atoms with van der Waals surface area (Å²) in [6.07, 6.45) is 1.99. The van der Waals surface area contributed by atoms with Gasteiger partial charge in [-0.2, -0.15) is 4.31 Å². The highest BCUT2D eigenvalue weighted by atomic mass is 32.2. The van der Waals surface area contributed by atoms with Gasteiger partial charge in [0.25, 0.3) is 5.24 Å². The van der Waals surface area contributed by atoms with Gasteiger partial charge in [-0.25, -0.2) is 8.42 Å². The summed E-state index contributed by atoms with van der Waals surface area (Å²) in [7, 11) is -0.382. The molecule has 0 aromatic heterocycles. The molecule has 1 aliphatic heterocycles. The number of sulfonamides is 1. The van der Waals surface area contributed by atoms with Crippen molar-refractivity contribution < 1.29 is 18.0 Å². The molecular formula is C21H25N3O4S2. The average Bonchev–Trinajstić information content (AvgIpc) is 2.75. The highest BCUT2D eigenvalue weighted by Crippen LogP contribution is 2.27. The number of carbonyl (C=O) groups is 2. The standard InChI is InChI=1S/C21H25N3O4S2/c1-23(2)21(26)29-17-13-11-16(12-14-17)22-20(25)19-10-6-7-15-24(19)30(27,28)18-8-4-3-5-9-18/h3-5,8-9,11-14,19H,6-7,10,15H2,1-2H3,(H,22,25). The molecular weight excluding hydrogens is 422 g/mol. The number of benzene rings is 2. The molecule has 1 fully saturated rings. The molecule has 1 saturated heterocycles. The first-order valence-electron chi connectivity index (χ1n) is 9.66. The van der Waals surface area contributed by atoms with Gasteiger partial charge in [-0.3, -0.25) is 9.59 Å². The summed E-state index contributed by atoms with van der Waals surface area (Å²) in [4.78, 5) is 27.2. The minimum absolute atomic E-state index is 0.0873. The van der Waals surface area contributed by atoms with E-state index in [1.165, 1.54) is 9.21 Å². The summed E-state index contributed by atoms with van der Waals surface area (Å²) in [6, 6.07) is 14.4. The number of nitrogens with zero attached hydrogens (tertiary/aromatic N) is 2. The van der Waals surface area contributed by atoms with Crippen LogP contribution in [-0.2, 0) is 14.8 Å². The molecule has 1 aliphatic rings. The van der Waals surface area contributed by atoms with E-state index >= 15 is 0 Å². The number of thioether (sulfide) groups is 1. The fraction of sp³-hybridized carbons (Fsp3) is 0.333. The van der Waals surface area contributed by atoms with Crippen molar-refractivity contribution in [2.45, 2.75) is 35.1 Å². The number of hydrogen-bond acceptors (Lipinski definition) is 5. The second-order valence-electron chi connectivity index (χ2n) is 7.22. The van der Waals surface area contributed by atoms with Crippen LogP contribution in [0.2, 0.25) is 0 Å². The Morgan fingerprint density at radius 1 is 1.03 bits per heavy atom. The van der Waals surface area contributed by atoms with E-state index in [0.717, 1.165) is 29.5 Å². The molecule has 0 radical (unpaired) electrons. The van der Waals surface area contributed by atoms with E-state index in [4.69, 9.17) is 0 Å². The lowest BCUT2D eigenvalue weighted by molar-refractivity contribution is -0.120.